The summed E-state index contributed by atoms with van der Waals surface area (Å²) in [5.41, 5.74) is 1.91. The number of rotatable bonds is 4. The van der Waals surface area contributed by atoms with Gasteiger partial charge in [0.05, 0.1) is 23.8 Å². The summed E-state index contributed by atoms with van der Waals surface area (Å²) in [5, 5.41) is 0. The second-order valence-electron chi connectivity index (χ2n) is 6.11. The zero-order chi connectivity index (χ0) is 16.4. The molecule has 3 aromatic rings. The maximum atomic E-state index is 4.76. The van der Waals surface area contributed by atoms with Crippen molar-refractivity contribution in [3.05, 3.63) is 48.7 Å². The van der Waals surface area contributed by atoms with E-state index >= 15 is 0 Å². The van der Waals surface area contributed by atoms with Crippen molar-refractivity contribution < 1.29 is 0 Å². The van der Waals surface area contributed by atoms with Crippen molar-refractivity contribution in [2.45, 2.75) is 20.0 Å². The summed E-state index contributed by atoms with van der Waals surface area (Å²) < 4.78 is 2.21. The first-order valence-electron chi connectivity index (χ1n) is 8.52. The van der Waals surface area contributed by atoms with Gasteiger partial charge in [-0.05, 0) is 19.1 Å². The predicted octanol–water partition coefficient (Wildman–Crippen LogP) is 2.17. The minimum atomic E-state index is 0.915. The molecule has 24 heavy (non-hydrogen) atoms. The average molecular weight is 322 g/mol. The Bertz CT molecular complexity index is 819. The van der Waals surface area contributed by atoms with E-state index in [-0.39, 0.29) is 0 Å². The van der Waals surface area contributed by atoms with Crippen LogP contribution in [0.25, 0.3) is 11.0 Å². The molecule has 1 aromatic carbocycles. The highest BCUT2D eigenvalue weighted by molar-refractivity contribution is 5.75. The molecule has 0 bridgehead atoms. The molecule has 0 saturated carbocycles. The molecular weight excluding hydrogens is 300 g/mol. The minimum Gasteiger partial charge on any atom is -0.353 e. The van der Waals surface area contributed by atoms with Gasteiger partial charge in [-0.2, -0.15) is 0 Å². The van der Waals surface area contributed by atoms with Gasteiger partial charge in [0, 0.05) is 45.1 Å². The third-order valence-electron chi connectivity index (χ3n) is 4.64. The fourth-order valence-electron chi connectivity index (χ4n) is 3.21. The first kappa shape index (κ1) is 15.1. The quantitative estimate of drug-likeness (QED) is 0.737. The Kier molecular flexibility index (Phi) is 4.13. The van der Waals surface area contributed by atoms with Gasteiger partial charge in [0.1, 0.15) is 11.6 Å². The summed E-state index contributed by atoms with van der Waals surface area (Å²) in [4.78, 5) is 18.5. The van der Waals surface area contributed by atoms with Crippen molar-refractivity contribution in [2.75, 3.05) is 31.1 Å². The molecule has 6 heteroatoms. The molecule has 2 aromatic heterocycles. The molecule has 0 N–H and O–H groups in total. The standard InChI is InChI=1S/C18H22N6/c1-2-23-8-7-19-18(23)14-22-9-11-24(12-10-22)17-13-20-15-5-3-4-6-16(15)21-17/h3-8,13H,2,9-12,14H2,1H3. The number of imidazole rings is 1. The fraction of sp³-hybridized carbons (Fsp3) is 0.389. The summed E-state index contributed by atoms with van der Waals surface area (Å²) in [6, 6.07) is 8.02. The highest BCUT2D eigenvalue weighted by atomic mass is 15.3. The molecule has 0 atom stereocenters. The summed E-state index contributed by atoms with van der Waals surface area (Å²) in [5.74, 6) is 2.12. The molecule has 0 radical (unpaired) electrons. The first-order chi connectivity index (χ1) is 11.8. The van der Waals surface area contributed by atoms with Gasteiger partial charge in [0.25, 0.3) is 0 Å². The van der Waals surface area contributed by atoms with Gasteiger partial charge in [-0.15, -0.1) is 0 Å². The lowest BCUT2D eigenvalue weighted by Gasteiger charge is -2.35. The van der Waals surface area contributed by atoms with E-state index < -0.39 is 0 Å². The normalized spacial score (nSPS) is 16.0. The van der Waals surface area contributed by atoms with E-state index in [1.54, 1.807) is 0 Å². The summed E-state index contributed by atoms with van der Waals surface area (Å²) in [6.07, 6.45) is 5.83. The number of anilines is 1. The van der Waals surface area contributed by atoms with Crippen LogP contribution >= 0.6 is 0 Å². The van der Waals surface area contributed by atoms with Crippen molar-refractivity contribution in [1.29, 1.82) is 0 Å². The minimum absolute atomic E-state index is 0.915. The van der Waals surface area contributed by atoms with Gasteiger partial charge < -0.3 is 9.47 Å². The van der Waals surface area contributed by atoms with Crippen LogP contribution in [-0.4, -0.2) is 50.6 Å². The average Bonchev–Trinajstić information content (AvgIpc) is 3.09. The predicted molar refractivity (Wildman–Crippen MR) is 94.9 cm³/mol. The lowest BCUT2D eigenvalue weighted by atomic mass is 10.3. The molecule has 1 aliphatic rings. The van der Waals surface area contributed by atoms with E-state index in [0.717, 1.165) is 61.9 Å². The Morgan fingerprint density at radius 2 is 1.79 bits per heavy atom. The van der Waals surface area contributed by atoms with E-state index in [9.17, 15) is 0 Å². The van der Waals surface area contributed by atoms with Crippen LogP contribution < -0.4 is 4.90 Å². The molecule has 4 rings (SSSR count). The molecule has 3 heterocycles. The number of nitrogens with zero attached hydrogens (tertiary/aromatic N) is 6. The third kappa shape index (κ3) is 2.97. The first-order valence-corrected chi connectivity index (χ1v) is 8.52. The van der Waals surface area contributed by atoms with Crippen LogP contribution in [0.15, 0.2) is 42.9 Å². The number of aromatic nitrogens is 4. The highest BCUT2D eigenvalue weighted by Crippen LogP contribution is 2.17. The van der Waals surface area contributed by atoms with Crippen molar-refractivity contribution in [1.82, 2.24) is 24.4 Å². The third-order valence-corrected chi connectivity index (χ3v) is 4.64. The maximum absolute atomic E-state index is 4.76. The number of para-hydroxylation sites is 2. The molecule has 0 amide bonds. The molecular formula is C18H22N6. The zero-order valence-corrected chi connectivity index (χ0v) is 14.0. The van der Waals surface area contributed by atoms with Gasteiger partial charge in [-0.3, -0.25) is 9.88 Å². The van der Waals surface area contributed by atoms with Gasteiger partial charge in [-0.1, -0.05) is 12.1 Å². The molecule has 0 aliphatic carbocycles. The summed E-state index contributed by atoms with van der Waals surface area (Å²) in [7, 11) is 0. The Morgan fingerprint density at radius 3 is 2.58 bits per heavy atom. The molecule has 0 unspecified atom stereocenters. The number of hydrogen-bond acceptors (Lipinski definition) is 5. The van der Waals surface area contributed by atoms with E-state index in [1.807, 2.05) is 36.7 Å². The van der Waals surface area contributed by atoms with Crippen LogP contribution in [0.3, 0.4) is 0 Å². The molecule has 124 valence electrons. The molecule has 0 spiro atoms. The Morgan fingerprint density at radius 1 is 1.00 bits per heavy atom. The lowest BCUT2D eigenvalue weighted by molar-refractivity contribution is 0.240. The van der Waals surface area contributed by atoms with Gasteiger partial charge in [0.2, 0.25) is 0 Å². The lowest BCUT2D eigenvalue weighted by Crippen LogP contribution is -2.46. The van der Waals surface area contributed by atoms with Crippen LogP contribution in [0.4, 0.5) is 5.82 Å². The van der Waals surface area contributed by atoms with Crippen LogP contribution in [0, 0.1) is 0 Å². The van der Waals surface area contributed by atoms with Gasteiger partial charge >= 0.3 is 0 Å². The van der Waals surface area contributed by atoms with E-state index in [2.05, 4.69) is 37.5 Å². The number of fused-ring (bicyclic) bond motifs is 1. The molecule has 1 fully saturated rings. The fourth-order valence-corrected chi connectivity index (χ4v) is 3.21. The second-order valence-corrected chi connectivity index (χ2v) is 6.11. The van der Waals surface area contributed by atoms with E-state index in [1.165, 1.54) is 0 Å². The van der Waals surface area contributed by atoms with E-state index in [0.29, 0.717) is 0 Å². The number of piperazine rings is 1. The number of hydrogen-bond donors (Lipinski definition) is 0. The van der Waals surface area contributed by atoms with Crippen molar-refractivity contribution >= 4 is 16.9 Å². The Labute approximate surface area is 141 Å². The van der Waals surface area contributed by atoms with Crippen molar-refractivity contribution in [3.8, 4) is 0 Å². The highest BCUT2D eigenvalue weighted by Gasteiger charge is 2.19. The van der Waals surface area contributed by atoms with Crippen LogP contribution in [-0.2, 0) is 13.1 Å². The summed E-state index contributed by atoms with van der Waals surface area (Å²) >= 11 is 0. The largest absolute Gasteiger partial charge is 0.353 e. The Hall–Kier alpha value is -2.47. The van der Waals surface area contributed by atoms with Crippen LogP contribution in [0.1, 0.15) is 12.7 Å². The second kappa shape index (κ2) is 6.57. The molecule has 1 saturated heterocycles. The summed E-state index contributed by atoms with van der Waals surface area (Å²) in [6.45, 7) is 8.03. The van der Waals surface area contributed by atoms with E-state index in [4.69, 9.17) is 4.98 Å². The van der Waals surface area contributed by atoms with Gasteiger partial charge in [0.15, 0.2) is 0 Å². The topological polar surface area (TPSA) is 50.1 Å². The number of aryl methyl sites for hydroxylation is 1. The van der Waals surface area contributed by atoms with Crippen LogP contribution in [0.5, 0.6) is 0 Å². The molecule has 1 aliphatic heterocycles. The zero-order valence-electron chi connectivity index (χ0n) is 14.0. The van der Waals surface area contributed by atoms with Crippen molar-refractivity contribution in [3.63, 3.8) is 0 Å². The van der Waals surface area contributed by atoms with Crippen LogP contribution in [0.2, 0.25) is 0 Å². The van der Waals surface area contributed by atoms with Crippen molar-refractivity contribution in [2.24, 2.45) is 0 Å². The Balaban J connectivity index is 1.41. The maximum Gasteiger partial charge on any atom is 0.147 e. The number of benzene rings is 1. The van der Waals surface area contributed by atoms with Gasteiger partial charge in [-0.25, -0.2) is 9.97 Å². The molecule has 6 nitrogen and oxygen atoms in total. The smallest absolute Gasteiger partial charge is 0.147 e. The SMILES string of the molecule is CCn1ccnc1CN1CCN(c2cnc3ccccc3n2)CC1. The monoisotopic (exact) mass is 322 g/mol.